The molecule has 0 radical (unpaired) electrons. The number of anilines is 2. The number of nitrogens with one attached hydrogen (secondary N) is 1. The number of nitrogens with two attached hydrogens (primary N) is 1. The molecular formula is C14H18ClN5. The molecule has 20 heavy (non-hydrogen) atoms. The van der Waals surface area contributed by atoms with Crippen LogP contribution in [-0.4, -0.2) is 11.1 Å². The minimum Gasteiger partial charge on any atom is -1.00 e. The van der Waals surface area contributed by atoms with E-state index in [2.05, 4.69) is 28.5 Å². The molecule has 0 aliphatic heterocycles. The standard InChI is InChI=1S/C14H18N5.ClH/c1-18-7-8-19(11-18)6-2-5-17-13-3-4-14(16)12(9-13)10-15;/h3-4,7-9,11,17H,2,5-6,16H2,1H3;1H/q+1;/p-1. The molecule has 2 rings (SSSR count). The lowest BCUT2D eigenvalue weighted by molar-refractivity contribution is -0.671. The summed E-state index contributed by atoms with van der Waals surface area (Å²) in [4.78, 5) is 0. The first-order chi connectivity index (χ1) is 9.19. The zero-order valence-electron chi connectivity index (χ0n) is 11.4. The number of hydrogen-bond donors (Lipinski definition) is 2. The number of aryl methyl sites for hydroxylation is 2. The molecule has 0 spiro atoms. The summed E-state index contributed by atoms with van der Waals surface area (Å²) in [5.74, 6) is 0. The molecule has 0 unspecified atom stereocenters. The number of aromatic nitrogens is 2. The lowest BCUT2D eigenvalue weighted by atomic mass is 10.2. The Balaban J connectivity index is 0.00000200. The third-order valence-electron chi connectivity index (χ3n) is 2.92. The summed E-state index contributed by atoms with van der Waals surface area (Å²) in [7, 11) is 2.01. The monoisotopic (exact) mass is 291 g/mol. The molecule has 2 aromatic rings. The third-order valence-corrected chi connectivity index (χ3v) is 2.92. The Bertz CT molecular complexity index is 600. The van der Waals surface area contributed by atoms with Gasteiger partial charge in [0.15, 0.2) is 0 Å². The summed E-state index contributed by atoms with van der Waals surface area (Å²) in [6.45, 7) is 1.82. The zero-order valence-corrected chi connectivity index (χ0v) is 12.1. The van der Waals surface area contributed by atoms with Crippen molar-refractivity contribution in [1.82, 2.24) is 4.57 Å². The van der Waals surface area contributed by atoms with Crippen LogP contribution in [0.1, 0.15) is 12.0 Å². The fourth-order valence-corrected chi connectivity index (χ4v) is 1.89. The van der Waals surface area contributed by atoms with E-state index in [-0.39, 0.29) is 12.4 Å². The highest BCUT2D eigenvalue weighted by Gasteiger charge is 2.01. The van der Waals surface area contributed by atoms with E-state index in [1.165, 1.54) is 0 Å². The lowest BCUT2D eigenvalue weighted by Crippen LogP contribution is -3.00. The van der Waals surface area contributed by atoms with Gasteiger partial charge in [-0.05, 0) is 18.2 Å². The van der Waals surface area contributed by atoms with Crippen LogP contribution in [0.2, 0.25) is 0 Å². The number of benzene rings is 1. The summed E-state index contributed by atoms with van der Waals surface area (Å²) in [6, 6.07) is 7.52. The summed E-state index contributed by atoms with van der Waals surface area (Å²) < 4.78 is 4.16. The zero-order chi connectivity index (χ0) is 13.7. The first-order valence-electron chi connectivity index (χ1n) is 6.23. The number of nitrogen functional groups attached to an aromatic ring is 1. The van der Waals surface area contributed by atoms with Crippen LogP contribution in [0.25, 0.3) is 0 Å². The fraction of sp³-hybridized carbons (Fsp3) is 0.286. The number of nitrogens with zero attached hydrogens (tertiary/aromatic N) is 3. The first kappa shape index (κ1) is 15.9. The maximum absolute atomic E-state index is 8.90. The number of nitriles is 1. The van der Waals surface area contributed by atoms with E-state index in [4.69, 9.17) is 11.0 Å². The highest BCUT2D eigenvalue weighted by molar-refractivity contribution is 5.61. The molecule has 1 aromatic carbocycles. The molecule has 106 valence electrons. The molecule has 1 aromatic heterocycles. The van der Waals surface area contributed by atoms with Gasteiger partial charge in [-0.2, -0.15) is 5.26 Å². The van der Waals surface area contributed by atoms with Crippen LogP contribution in [0, 0.1) is 11.3 Å². The van der Waals surface area contributed by atoms with E-state index in [0.717, 1.165) is 25.2 Å². The van der Waals surface area contributed by atoms with Gasteiger partial charge in [-0.15, -0.1) is 0 Å². The average Bonchev–Trinajstić information content (AvgIpc) is 2.82. The Labute approximate surface area is 125 Å². The highest BCUT2D eigenvalue weighted by Crippen LogP contribution is 2.16. The van der Waals surface area contributed by atoms with Gasteiger partial charge in [-0.3, -0.25) is 0 Å². The van der Waals surface area contributed by atoms with Crippen LogP contribution in [0.5, 0.6) is 0 Å². The second-order valence-corrected chi connectivity index (χ2v) is 4.51. The summed E-state index contributed by atoms with van der Waals surface area (Å²) in [6.07, 6.45) is 7.14. The van der Waals surface area contributed by atoms with Crippen molar-refractivity contribution in [3.05, 3.63) is 42.5 Å². The number of halogens is 1. The average molecular weight is 292 g/mol. The van der Waals surface area contributed by atoms with E-state index in [1.54, 1.807) is 12.1 Å². The number of imidazole rings is 1. The minimum absolute atomic E-state index is 0. The molecule has 0 amide bonds. The Kier molecular flexibility index (Phi) is 5.88. The van der Waals surface area contributed by atoms with Crippen LogP contribution in [0.3, 0.4) is 0 Å². The van der Waals surface area contributed by atoms with Gasteiger partial charge in [0.25, 0.3) is 0 Å². The van der Waals surface area contributed by atoms with Crippen molar-refractivity contribution in [1.29, 1.82) is 5.26 Å². The second-order valence-electron chi connectivity index (χ2n) is 4.51. The normalized spacial score (nSPS) is 9.60. The van der Waals surface area contributed by atoms with Gasteiger partial charge in [0.2, 0.25) is 6.33 Å². The smallest absolute Gasteiger partial charge is 0.243 e. The molecule has 0 aliphatic carbocycles. The van der Waals surface area contributed by atoms with Crippen molar-refractivity contribution >= 4 is 11.4 Å². The first-order valence-corrected chi connectivity index (χ1v) is 6.23. The Morgan fingerprint density at radius 1 is 1.45 bits per heavy atom. The van der Waals surface area contributed by atoms with Crippen molar-refractivity contribution in [2.75, 3.05) is 17.6 Å². The molecule has 3 N–H and O–H groups in total. The summed E-state index contributed by atoms with van der Waals surface area (Å²) >= 11 is 0. The molecule has 0 saturated heterocycles. The lowest BCUT2D eigenvalue weighted by Gasteiger charge is -2.06. The summed E-state index contributed by atoms with van der Waals surface area (Å²) in [5.41, 5.74) is 7.65. The molecule has 5 nitrogen and oxygen atoms in total. The minimum atomic E-state index is 0. The van der Waals surface area contributed by atoms with Crippen molar-refractivity contribution in [2.45, 2.75) is 13.0 Å². The van der Waals surface area contributed by atoms with Gasteiger partial charge in [-0.25, -0.2) is 9.13 Å². The molecule has 0 atom stereocenters. The van der Waals surface area contributed by atoms with E-state index >= 15 is 0 Å². The van der Waals surface area contributed by atoms with Gasteiger partial charge in [0, 0.05) is 24.3 Å². The highest BCUT2D eigenvalue weighted by atomic mass is 35.5. The van der Waals surface area contributed by atoms with E-state index in [9.17, 15) is 0 Å². The molecule has 0 aliphatic rings. The van der Waals surface area contributed by atoms with Gasteiger partial charge in [0.05, 0.1) is 19.2 Å². The molecule has 0 fully saturated rings. The van der Waals surface area contributed by atoms with Gasteiger partial charge in [-0.1, -0.05) is 0 Å². The molecule has 0 saturated carbocycles. The quantitative estimate of drug-likeness (QED) is 0.391. The Hall–Kier alpha value is -2.19. The second kappa shape index (κ2) is 7.41. The van der Waals surface area contributed by atoms with E-state index in [1.807, 2.05) is 23.9 Å². The fourth-order valence-electron chi connectivity index (χ4n) is 1.89. The van der Waals surface area contributed by atoms with Crippen molar-refractivity contribution in [2.24, 2.45) is 7.05 Å². The largest absolute Gasteiger partial charge is 1.00 e. The maximum Gasteiger partial charge on any atom is 0.243 e. The molecule has 1 heterocycles. The summed E-state index contributed by atoms with van der Waals surface area (Å²) in [5, 5.41) is 12.2. The predicted molar refractivity (Wildman–Crippen MR) is 74.3 cm³/mol. The van der Waals surface area contributed by atoms with Crippen molar-refractivity contribution < 1.29 is 17.0 Å². The van der Waals surface area contributed by atoms with Crippen molar-refractivity contribution in [3.63, 3.8) is 0 Å². The SMILES string of the molecule is C[n+]1ccn(CCCNc2ccc(N)c(C#N)c2)c1.[Cl-]. The van der Waals surface area contributed by atoms with Crippen LogP contribution in [0.4, 0.5) is 11.4 Å². The van der Waals surface area contributed by atoms with Crippen molar-refractivity contribution in [3.8, 4) is 6.07 Å². The third kappa shape index (κ3) is 4.18. The number of rotatable bonds is 5. The Morgan fingerprint density at radius 2 is 2.25 bits per heavy atom. The van der Waals surface area contributed by atoms with E-state index < -0.39 is 0 Å². The number of hydrogen-bond acceptors (Lipinski definition) is 3. The van der Waals surface area contributed by atoms with Crippen LogP contribution < -0.4 is 28.0 Å². The van der Waals surface area contributed by atoms with Gasteiger partial charge < -0.3 is 23.5 Å². The molecular weight excluding hydrogens is 274 g/mol. The van der Waals surface area contributed by atoms with Crippen LogP contribution in [-0.2, 0) is 13.6 Å². The topological polar surface area (TPSA) is 70.7 Å². The molecule has 0 bridgehead atoms. The molecule has 6 heteroatoms. The maximum atomic E-state index is 8.90. The van der Waals surface area contributed by atoms with Crippen LogP contribution in [0.15, 0.2) is 36.9 Å². The van der Waals surface area contributed by atoms with Gasteiger partial charge in [0.1, 0.15) is 18.5 Å². The van der Waals surface area contributed by atoms with Crippen LogP contribution >= 0.6 is 0 Å². The van der Waals surface area contributed by atoms with E-state index in [0.29, 0.717) is 11.3 Å². The Morgan fingerprint density at radius 3 is 2.90 bits per heavy atom. The van der Waals surface area contributed by atoms with Gasteiger partial charge >= 0.3 is 0 Å². The predicted octanol–water partition coefficient (Wildman–Crippen LogP) is -1.73.